The van der Waals surface area contributed by atoms with Crippen molar-refractivity contribution in [2.45, 2.75) is 77.5 Å². The number of aliphatic imine (C=N–C) groups is 1. The highest BCUT2D eigenvalue weighted by atomic mass is 35.5. The molecule has 0 aromatic heterocycles. The van der Waals surface area contributed by atoms with E-state index in [0.717, 1.165) is 22.3 Å². The van der Waals surface area contributed by atoms with Crippen molar-refractivity contribution in [3.63, 3.8) is 0 Å². The van der Waals surface area contributed by atoms with E-state index >= 15 is 4.79 Å². The van der Waals surface area contributed by atoms with Gasteiger partial charge in [0.25, 0.3) is 0 Å². The van der Waals surface area contributed by atoms with Crippen LogP contribution in [0.3, 0.4) is 0 Å². The van der Waals surface area contributed by atoms with E-state index in [1.165, 1.54) is 6.26 Å². The fourth-order valence-corrected chi connectivity index (χ4v) is 7.85. The van der Waals surface area contributed by atoms with Gasteiger partial charge in [-0.1, -0.05) is 74.3 Å². The number of piperazine rings is 1. The molecule has 0 bridgehead atoms. The second-order valence-corrected chi connectivity index (χ2v) is 18.3. The molecule has 0 unspecified atom stereocenters. The van der Waals surface area contributed by atoms with E-state index in [2.05, 4.69) is 51.7 Å². The number of rotatable bonds is 9. The summed E-state index contributed by atoms with van der Waals surface area (Å²) in [6, 6.07) is 21.4. The average molecular weight is 742 g/mol. The molecule has 270 valence electrons. The lowest BCUT2D eigenvalue weighted by molar-refractivity contribution is 0.0868. The Morgan fingerprint density at radius 2 is 1.46 bits per heavy atom. The predicted molar refractivity (Wildman–Crippen MR) is 205 cm³/mol. The summed E-state index contributed by atoms with van der Waals surface area (Å²) >= 11 is 12.8. The van der Waals surface area contributed by atoms with Crippen LogP contribution in [0.2, 0.25) is 10.0 Å². The minimum absolute atomic E-state index is 0.115. The molecule has 2 aliphatic rings. The molecule has 1 fully saturated rings. The normalized spacial score (nSPS) is 21.9. The number of carbonyl (C=O) groups excluding carboxylic acids is 1. The highest BCUT2D eigenvalue weighted by Crippen LogP contribution is 2.54. The van der Waals surface area contributed by atoms with Gasteiger partial charge in [-0.3, -0.25) is 14.8 Å². The van der Waals surface area contributed by atoms with Crippen LogP contribution in [0.15, 0.2) is 71.7 Å². The number of benzene rings is 3. The Kier molecular flexibility index (Phi) is 11.0. The van der Waals surface area contributed by atoms with E-state index in [-0.39, 0.29) is 23.3 Å². The number of nitrogens with zero attached hydrogens (tertiary/aromatic N) is 4. The Morgan fingerprint density at radius 3 is 1.98 bits per heavy atom. The highest BCUT2D eigenvalue weighted by Gasteiger charge is 2.60. The van der Waals surface area contributed by atoms with Crippen LogP contribution < -0.4 is 4.74 Å². The molecule has 5 rings (SSSR count). The van der Waals surface area contributed by atoms with Crippen LogP contribution >= 0.6 is 23.2 Å². The number of halogens is 2. The topological polar surface area (TPSA) is 82.5 Å². The summed E-state index contributed by atoms with van der Waals surface area (Å²) in [5.41, 5.74) is 1.53. The molecule has 0 spiro atoms. The maximum atomic E-state index is 15.2. The van der Waals surface area contributed by atoms with Gasteiger partial charge in [-0.15, -0.1) is 0 Å². The van der Waals surface area contributed by atoms with Gasteiger partial charge in [-0.25, -0.2) is 13.2 Å². The first-order valence-electron chi connectivity index (χ1n) is 17.3. The SMILES string of the molecule is CC(C)Oc1cc(C(C)(C)C)ccc1C1=N[C@@](C)(c2ccc(Cl)cc2)[C@@](C)(c2ccc(Cl)cc2)N1C(=O)N1CCN(CCCS(C)(=O)=O)CC1. The van der Waals surface area contributed by atoms with Crippen LogP contribution in [0.5, 0.6) is 5.75 Å². The number of hydrogen-bond donors (Lipinski definition) is 0. The van der Waals surface area contributed by atoms with E-state index in [0.29, 0.717) is 60.8 Å². The third-order valence-corrected chi connectivity index (χ3v) is 11.6. The van der Waals surface area contributed by atoms with Gasteiger partial charge < -0.3 is 9.64 Å². The highest BCUT2D eigenvalue weighted by molar-refractivity contribution is 7.90. The Labute approximate surface area is 308 Å². The lowest BCUT2D eigenvalue weighted by Gasteiger charge is -2.47. The van der Waals surface area contributed by atoms with Crippen LogP contribution in [0, 0.1) is 0 Å². The molecule has 11 heteroatoms. The molecule has 2 atom stereocenters. The molecule has 2 aliphatic heterocycles. The van der Waals surface area contributed by atoms with Crippen molar-refractivity contribution in [1.29, 1.82) is 0 Å². The van der Waals surface area contributed by atoms with Crippen LogP contribution in [0.4, 0.5) is 4.79 Å². The standard InChI is InChI=1S/C39H50Cl2N4O4S/c1-27(2)49-34-26-30(37(3,4)5)14-19-33(34)35-42-38(6,28-10-15-31(40)16-11-28)39(7,29-12-17-32(41)18-13-29)45(35)36(46)44-23-21-43(22-24-44)20-9-25-50(8,47)48/h10-19,26-27H,9,20-25H2,1-8H3/t38-,39+/m0/s1. The Bertz CT molecular complexity index is 1830. The summed E-state index contributed by atoms with van der Waals surface area (Å²) in [6.45, 7) is 17.6. The van der Waals surface area contributed by atoms with Gasteiger partial charge in [-0.05, 0) is 99.2 Å². The largest absolute Gasteiger partial charge is 0.490 e. The lowest BCUT2D eigenvalue weighted by atomic mass is 9.71. The number of urea groups is 1. The van der Waals surface area contributed by atoms with E-state index in [9.17, 15) is 8.42 Å². The van der Waals surface area contributed by atoms with E-state index in [1.54, 1.807) is 0 Å². The summed E-state index contributed by atoms with van der Waals surface area (Å²) < 4.78 is 29.9. The van der Waals surface area contributed by atoms with Crippen LogP contribution in [0.25, 0.3) is 0 Å². The van der Waals surface area contributed by atoms with Crippen LogP contribution in [0.1, 0.15) is 77.1 Å². The molecule has 3 aromatic rings. The molecular weight excluding hydrogens is 691 g/mol. The molecule has 0 saturated carbocycles. The predicted octanol–water partition coefficient (Wildman–Crippen LogP) is 8.14. The van der Waals surface area contributed by atoms with Crippen molar-refractivity contribution >= 4 is 44.9 Å². The van der Waals surface area contributed by atoms with Crippen LogP contribution in [-0.4, -0.2) is 85.8 Å². The van der Waals surface area contributed by atoms with Gasteiger partial charge in [0.15, 0.2) is 0 Å². The Balaban J connectivity index is 1.66. The van der Waals surface area contributed by atoms with Crippen molar-refractivity contribution in [2.75, 3.05) is 44.7 Å². The number of carbonyl (C=O) groups is 1. The van der Waals surface area contributed by atoms with Crippen molar-refractivity contribution in [2.24, 2.45) is 4.99 Å². The lowest BCUT2D eigenvalue weighted by Crippen LogP contribution is -2.60. The maximum Gasteiger partial charge on any atom is 0.326 e. The second kappa shape index (κ2) is 14.5. The molecule has 2 heterocycles. The first-order chi connectivity index (χ1) is 23.3. The molecule has 0 N–H and O–H groups in total. The first-order valence-corrected chi connectivity index (χ1v) is 20.1. The fraction of sp³-hybridized carbons (Fsp3) is 0.487. The zero-order valence-corrected chi connectivity index (χ0v) is 32.8. The molecule has 50 heavy (non-hydrogen) atoms. The number of hydrogen-bond acceptors (Lipinski definition) is 6. The van der Waals surface area contributed by atoms with Gasteiger partial charge in [0, 0.05) is 42.5 Å². The van der Waals surface area contributed by atoms with Gasteiger partial charge >= 0.3 is 6.03 Å². The van der Waals surface area contributed by atoms with Crippen LogP contribution in [-0.2, 0) is 26.3 Å². The van der Waals surface area contributed by atoms with Gasteiger partial charge in [0.1, 0.15) is 32.5 Å². The van der Waals surface area contributed by atoms with Gasteiger partial charge in [-0.2, -0.15) is 0 Å². The maximum absolute atomic E-state index is 15.2. The molecule has 2 amide bonds. The Hall–Kier alpha value is -3.11. The fourth-order valence-electron chi connectivity index (χ4n) is 6.95. The molecular formula is C39H50Cl2N4O4S. The third-order valence-electron chi connectivity index (χ3n) is 10.0. The van der Waals surface area contributed by atoms with E-state index in [1.807, 2.05) is 78.2 Å². The molecule has 0 radical (unpaired) electrons. The Morgan fingerprint density at radius 1 is 0.900 bits per heavy atom. The number of amidine groups is 1. The molecule has 8 nitrogen and oxygen atoms in total. The van der Waals surface area contributed by atoms with Gasteiger partial charge in [0.2, 0.25) is 0 Å². The van der Waals surface area contributed by atoms with Crippen molar-refractivity contribution < 1.29 is 17.9 Å². The quantitative estimate of drug-likeness (QED) is 0.221. The first kappa shape index (κ1) is 38.1. The van der Waals surface area contributed by atoms with E-state index in [4.69, 9.17) is 32.9 Å². The summed E-state index contributed by atoms with van der Waals surface area (Å²) in [5.74, 6) is 1.34. The summed E-state index contributed by atoms with van der Waals surface area (Å²) in [7, 11) is -3.03. The monoisotopic (exact) mass is 740 g/mol. The summed E-state index contributed by atoms with van der Waals surface area (Å²) in [6.07, 6.45) is 1.71. The smallest absolute Gasteiger partial charge is 0.326 e. The second-order valence-electron chi connectivity index (χ2n) is 15.2. The van der Waals surface area contributed by atoms with Gasteiger partial charge in [0.05, 0.1) is 17.4 Å². The summed E-state index contributed by atoms with van der Waals surface area (Å²) in [4.78, 5) is 26.7. The molecule has 3 aromatic carbocycles. The van der Waals surface area contributed by atoms with Crippen molar-refractivity contribution in [3.8, 4) is 5.75 Å². The van der Waals surface area contributed by atoms with Crippen molar-refractivity contribution in [1.82, 2.24) is 14.7 Å². The zero-order chi connectivity index (χ0) is 36.6. The minimum Gasteiger partial charge on any atom is -0.490 e. The number of amides is 2. The minimum atomic E-state index is -3.03. The van der Waals surface area contributed by atoms with Crippen molar-refractivity contribution in [3.05, 3.63) is 99.0 Å². The number of sulfone groups is 1. The summed E-state index contributed by atoms with van der Waals surface area (Å²) in [5, 5.41) is 1.21. The zero-order valence-electron chi connectivity index (χ0n) is 30.5. The van der Waals surface area contributed by atoms with E-state index < -0.39 is 20.9 Å². The molecule has 0 aliphatic carbocycles. The number of ether oxygens (including phenoxy) is 1. The average Bonchev–Trinajstić information content (AvgIpc) is 3.28. The molecule has 1 saturated heterocycles. The third kappa shape index (κ3) is 7.86.